The second-order valence-electron chi connectivity index (χ2n) is 7.56. The lowest BCUT2D eigenvalue weighted by Crippen LogP contribution is -2.59. The summed E-state index contributed by atoms with van der Waals surface area (Å²) >= 11 is 0. The Morgan fingerprint density at radius 3 is 2.41 bits per heavy atom. The molecule has 0 aromatic carbocycles. The van der Waals surface area contributed by atoms with Crippen molar-refractivity contribution in [1.82, 2.24) is 9.80 Å². The Morgan fingerprint density at radius 1 is 1.23 bits per heavy atom. The molecule has 0 unspecified atom stereocenters. The normalized spacial score (nSPS) is 26.7. The molecule has 0 aliphatic carbocycles. The van der Waals surface area contributed by atoms with Crippen molar-refractivity contribution in [3.05, 3.63) is 11.6 Å². The van der Waals surface area contributed by atoms with Crippen molar-refractivity contribution in [2.24, 2.45) is 5.41 Å². The third-order valence-corrected chi connectivity index (χ3v) is 4.77. The maximum atomic E-state index is 12.7. The molecule has 0 spiro atoms. The van der Waals surface area contributed by atoms with Crippen molar-refractivity contribution in [3.63, 3.8) is 0 Å². The molecule has 124 valence electrons. The molecule has 0 aromatic heterocycles. The average Bonchev–Trinajstić information content (AvgIpc) is 2.45. The number of rotatable bonds is 1. The van der Waals surface area contributed by atoms with E-state index in [0.717, 1.165) is 6.42 Å². The molecule has 1 fully saturated rings. The number of β-amino-alcohol motifs (C(OH)–C–C–N with tert-alkyl or cyclic N) is 1. The highest BCUT2D eigenvalue weighted by molar-refractivity contribution is 5.86. The third kappa shape index (κ3) is 3.51. The van der Waals surface area contributed by atoms with Crippen molar-refractivity contribution in [2.75, 3.05) is 26.2 Å². The molecule has 0 bridgehead atoms. The number of piperidine rings is 1. The topological polar surface area (TPSA) is 60.9 Å². The van der Waals surface area contributed by atoms with Gasteiger partial charge in [0.25, 0.3) is 5.91 Å². The summed E-state index contributed by atoms with van der Waals surface area (Å²) in [7, 11) is 0. The standard InChI is InChI=1S/C17H28N2O3/c1-13(20)19-9-5-8-17(22,12-19)15(21)18-10-6-14(7-11-18)16(2,3)4/h6,22H,5,7-12H2,1-4H3/t17-/m1/s1. The van der Waals surface area contributed by atoms with Gasteiger partial charge in [0, 0.05) is 26.6 Å². The minimum absolute atomic E-state index is 0.0838. The van der Waals surface area contributed by atoms with Crippen LogP contribution in [-0.4, -0.2) is 58.5 Å². The molecule has 2 heterocycles. The summed E-state index contributed by atoms with van der Waals surface area (Å²) in [6.07, 6.45) is 4.05. The average molecular weight is 308 g/mol. The number of likely N-dealkylation sites (tertiary alicyclic amines) is 1. The Morgan fingerprint density at radius 2 is 1.91 bits per heavy atom. The van der Waals surface area contributed by atoms with E-state index in [-0.39, 0.29) is 23.8 Å². The summed E-state index contributed by atoms with van der Waals surface area (Å²) in [5.41, 5.74) is 0.0665. The van der Waals surface area contributed by atoms with Gasteiger partial charge in [-0.2, -0.15) is 0 Å². The molecule has 1 atom stereocenters. The Labute approximate surface area is 133 Å². The van der Waals surface area contributed by atoms with E-state index >= 15 is 0 Å². The van der Waals surface area contributed by atoms with Crippen LogP contribution < -0.4 is 0 Å². The highest BCUT2D eigenvalue weighted by Gasteiger charge is 2.43. The van der Waals surface area contributed by atoms with Crippen LogP contribution in [0.3, 0.4) is 0 Å². The number of carbonyl (C=O) groups excluding carboxylic acids is 2. The van der Waals surface area contributed by atoms with Crippen LogP contribution in [0.1, 0.15) is 47.0 Å². The van der Waals surface area contributed by atoms with E-state index in [9.17, 15) is 14.7 Å². The fourth-order valence-corrected chi connectivity index (χ4v) is 3.31. The van der Waals surface area contributed by atoms with Gasteiger partial charge in [0.2, 0.25) is 5.91 Å². The van der Waals surface area contributed by atoms with Gasteiger partial charge in [-0.3, -0.25) is 9.59 Å². The number of nitrogens with zero attached hydrogens (tertiary/aromatic N) is 2. The van der Waals surface area contributed by atoms with Crippen molar-refractivity contribution < 1.29 is 14.7 Å². The third-order valence-electron chi connectivity index (χ3n) is 4.77. The molecule has 1 N–H and O–H groups in total. The zero-order valence-corrected chi connectivity index (χ0v) is 14.2. The molecule has 2 amide bonds. The SMILES string of the molecule is CC(=O)N1CCC[C@](O)(C(=O)N2CC=C(C(C)(C)C)CC2)C1. The van der Waals surface area contributed by atoms with Gasteiger partial charge in [-0.05, 0) is 24.7 Å². The first-order chi connectivity index (χ1) is 10.1. The number of hydrogen-bond donors (Lipinski definition) is 1. The smallest absolute Gasteiger partial charge is 0.256 e. The van der Waals surface area contributed by atoms with Gasteiger partial charge >= 0.3 is 0 Å². The summed E-state index contributed by atoms with van der Waals surface area (Å²) in [4.78, 5) is 27.5. The fraction of sp³-hybridized carbons (Fsp3) is 0.765. The van der Waals surface area contributed by atoms with Crippen LogP contribution in [0.2, 0.25) is 0 Å². The van der Waals surface area contributed by atoms with Crippen molar-refractivity contribution in [3.8, 4) is 0 Å². The van der Waals surface area contributed by atoms with Gasteiger partial charge in [0.1, 0.15) is 0 Å². The van der Waals surface area contributed by atoms with Crippen LogP contribution in [0.25, 0.3) is 0 Å². The van der Waals surface area contributed by atoms with Crippen LogP contribution in [0.5, 0.6) is 0 Å². The number of carbonyl (C=O) groups is 2. The molecular weight excluding hydrogens is 280 g/mol. The first-order valence-corrected chi connectivity index (χ1v) is 8.10. The molecule has 0 radical (unpaired) electrons. The minimum Gasteiger partial charge on any atom is -0.378 e. The highest BCUT2D eigenvalue weighted by atomic mass is 16.3. The second kappa shape index (κ2) is 6.03. The van der Waals surface area contributed by atoms with E-state index in [2.05, 4.69) is 26.8 Å². The van der Waals surface area contributed by atoms with Crippen LogP contribution in [0.15, 0.2) is 11.6 Å². The molecule has 2 rings (SSSR count). The highest BCUT2D eigenvalue weighted by Crippen LogP contribution is 2.31. The van der Waals surface area contributed by atoms with E-state index in [0.29, 0.717) is 32.5 Å². The largest absolute Gasteiger partial charge is 0.378 e. The predicted octanol–water partition coefficient (Wildman–Crippen LogP) is 1.56. The van der Waals surface area contributed by atoms with Gasteiger partial charge in [-0.25, -0.2) is 0 Å². The monoisotopic (exact) mass is 308 g/mol. The number of hydrogen-bond acceptors (Lipinski definition) is 3. The molecule has 0 aromatic rings. The van der Waals surface area contributed by atoms with E-state index in [1.165, 1.54) is 12.5 Å². The van der Waals surface area contributed by atoms with Crippen molar-refractivity contribution >= 4 is 11.8 Å². The number of aliphatic hydroxyl groups is 1. The van der Waals surface area contributed by atoms with E-state index in [4.69, 9.17) is 0 Å². The summed E-state index contributed by atoms with van der Waals surface area (Å²) in [6.45, 7) is 9.95. The van der Waals surface area contributed by atoms with Crippen molar-refractivity contribution in [1.29, 1.82) is 0 Å². The summed E-state index contributed by atoms with van der Waals surface area (Å²) in [5.74, 6) is -0.317. The fourth-order valence-electron chi connectivity index (χ4n) is 3.31. The molecule has 2 aliphatic heterocycles. The maximum absolute atomic E-state index is 12.7. The molecule has 22 heavy (non-hydrogen) atoms. The van der Waals surface area contributed by atoms with Gasteiger partial charge in [-0.1, -0.05) is 32.4 Å². The van der Waals surface area contributed by atoms with Crippen LogP contribution >= 0.6 is 0 Å². The van der Waals surface area contributed by atoms with E-state index in [1.54, 1.807) is 9.80 Å². The zero-order chi connectivity index (χ0) is 16.5. The van der Waals surface area contributed by atoms with Crippen LogP contribution in [0, 0.1) is 5.41 Å². The van der Waals surface area contributed by atoms with Crippen molar-refractivity contribution in [2.45, 2.75) is 52.6 Å². The van der Waals surface area contributed by atoms with Gasteiger partial charge in [0.15, 0.2) is 5.60 Å². The molecule has 1 saturated heterocycles. The molecule has 5 heteroatoms. The van der Waals surface area contributed by atoms with E-state index in [1.807, 2.05) is 0 Å². The maximum Gasteiger partial charge on any atom is 0.256 e. The van der Waals surface area contributed by atoms with Gasteiger partial charge in [-0.15, -0.1) is 0 Å². The summed E-state index contributed by atoms with van der Waals surface area (Å²) in [5, 5.41) is 10.7. The predicted molar refractivity (Wildman–Crippen MR) is 85.2 cm³/mol. The molecule has 0 saturated carbocycles. The summed E-state index contributed by atoms with van der Waals surface area (Å²) < 4.78 is 0. The molecule has 2 aliphatic rings. The second-order valence-corrected chi connectivity index (χ2v) is 7.56. The Kier molecular flexibility index (Phi) is 4.66. The summed E-state index contributed by atoms with van der Waals surface area (Å²) in [6, 6.07) is 0. The Hall–Kier alpha value is -1.36. The quantitative estimate of drug-likeness (QED) is 0.748. The van der Waals surface area contributed by atoms with E-state index < -0.39 is 5.60 Å². The Bertz CT molecular complexity index is 493. The lowest BCUT2D eigenvalue weighted by Gasteiger charge is -2.41. The molecular formula is C17H28N2O3. The first-order valence-electron chi connectivity index (χ1n) is 8.10. The minimum atomic E-state index is -1.42. The van der Waals surface area contributed by atoms with Crippen LogP contribution in [0.4, 0.5) is 0 Å². The first kappa shape index (κ1) is 17.0. The van der Waals surface area contributed by atoms with Gasteiger partial charge in [0.05, 0.1) is 6.54 Å². The number of amides is 2. The molecule has 5 nitrogen and oxygen atoms in total. The van der Waals surface area contributed by atoms with Crippen LogP contribution in [-0.2, 0) is 9.59 Å². The lowest BCUT2D eigenvalue weighted by atomic mass is 9.82. The Balaban J connectivity index is 2.06. The van der Waals surface area contributed by atoms with Gasteiger partial charge < -0.3 is 14.9 Å². The lowest BCUT2D eigenvalue weighted by molar-refractivity contribution is -0.159. The zero-order valence-electron chi connectivity index (χ0n) is 14.2.